The van der Waals surface area contributed by atoms with Crippen molar-refractivity contribution in [3.05, 3.63) is 64.8 Å². The number of allylic oxidation sites excluding steroid dienone is 1. The summed E-state index contributed by atoms with van der Waals surface area (Å²) in [5, 5.41) is 12.7. The molecular weight excluding hydrogens is 496 g/mol. The number of thiophene rings is 1. The number of thioether (sulfide) groups is 1. The number of rotatable bonds is 10. The van der Waals surface area contributed by atoms with Crippen molar-refractivity contribution in [1.82, 2.24) is 14.8 Å². The van der Waals surface area contributed by atoms with Crippen molar-refractivity contribution < 1.29 is 19.1 Å². The summed E-state index contributed by atoms with van der Waals surface area (Å²) in [5.74, 6) is 0.885. The third-order valence-corrected chi connectivity index (χ3v) is 8.05. The lowest BCUT2D eigenvalue weighted by molar-refractivity contribution is -0.113. The molecule has 36 heavy (non-hydrogen) atoms. The number of para-hydroxylation sites is 1. The molecule has 1 aliphatic rings. The highest BCUT2D eigenvalue weighted by molar-refractivity contribution is 7.99. The minimum absolute atomic E-state index is 0.117. The maximum atomic E-state index is 12.9. The number of esters is 1. The van der Waals surface area contributed by atoms with Crippen molar-refractivity contribution in [3.63, 3.8) is 0 Å². The Morgan fingerprint density at radius 3 is 2.75 bits per heavy atom. The fraction of sp³-hybridized carbons (Fsp3) is 0.385. The fourth-order valence-corrected chi connectivity index (χ4v) is 6.25. The van der Waals surface area contributed by atoms with Gasteiger partial charge in [-0.15, -0.1) is 28.1 Å². The third-order valence-electron chi connectivity index (χ3n) is 5.87. The molecule has 0 fully saturated rings. The van der Waals surface area contributed by atoms with E-state index in [0.717, 1.165) is 43.4 Å². The van der Waals surface area contributed by atoms with Gasteiger partial charge in [0.1, 0.15) is 10.8 Å². The lowest BCUT2D eigenvalue weighted by Gasteiger charge is -2.15. The monoisotopic (exact) mass is 526 g/mol. The molecule has 10 heteroatoms. The largest absolute Gasteiger partial charge is 0.483 e. The summed E-state index contributed by atoms with van der Waals surface area (Å²) < 4.78 is 12.9. The Morgan fingerprint density at radius 2 is 2.00 bits per heavy atom. The zero-order valence-electron chi connectivity index (χ0n) is 20.5. The molecule has 8 nitrogen and oxygen atoms in total. The summed E-state index contributed by atoms with van der Waals surface area (Å²) in [4.78, 5) is 26.6. The zero-order valence-corrected chi connectivity index (χ0v) is 22.1. The summed E-state index contributed by atoms with van der Waals surface area (Å²) in [5.41, 5.74) is 1.52. The Labute approximate surface area is 219 Å². The van der Waals surface area contributed by atoms with E-state index in [2.05, 4.69) is 22.1 Å². The van der Waals surface area contributed by atoms with Crippen LogP contribution in [0.4, 0.5) is 5.00 Å². The molecule has 1 amide bonds. The molecule has 2 aromatic heterocycles. The molecule has 0 bridgehead atoms. The molecule has 4 rings (SSSR count). The normalized spacial score (nSPS) is 13.8. The summed E-state index contributed by atoms with van der Waals surface area (Å²) >= 11 is 2.76. The molecule has 1 aliphatic carbocycles. The van der Waals surface area contributed by atoms with Gasteiger partial charge in [0.15, 0.2) is 17.1 Å². The predicted octanol–water partition coefficient (Wildman–Crippen LogP) is 5.45. The average molecular weight is 527 g/mol. The van der Waals surface area contributed by atoms with Gasteiger partial charge in [-0.2, -0.15) is 0 Å². The van der Waals surface area contributed by atoms with Crippen LogP contribution in [0.3, 0.4) is 0 Å². The molecule has 0 radical (unpaired) electrons. The lowest BCUT2D eigenvalue weighted by Crippen LogP contribution is -2.17. The minimum Gasteiger partial charge on any atom is -0.483 e. The first-order valence-corrected chi connectivity index (χ1v) is 13.7. The zero-order chi connectivity index (χ0) is 25.5. The van der Waals surface area contributed by atoms with Crippen LogP contribution in [0, 0.1) is 0 Å². The van der Waals surface area contributed by atoms with E-state index in [4.69, 9.17) is 9.47 Å². The summed E-state index contributed by atoms with van der Waals surface area (Å²) in [6.07, 6.45) is 6.43. The molecule has 1 atom stereocenters. The first-order valence-electron chi connectivity index (χ1n) is 11.9. The van der Waals surface area contributed by atoms with Crippen LogP contribution < -0.4 is 10.1 Å². The predicted molar refractivity (Wildman–Crippen MR) is 142 cm³/mol. The molecule has 0 aliphatic heterocycles. The van der Waals surface area contributed by atoms with E-state index in [1.54, 1.807) is 6.08 Å². The first kappa shape index (κ1) is 26.0. The van der Waals surface area contributed by atoms with Crippen LogP contribution >= 0.6 is 23.1 Å². The lowest BCUT2D eigenvalue weighted by atomic mass is 10.1. The van der Waals surface area contributed by atoms with E-state index < -0.39 is 5.97 Å². The molecule has 2 heterocycles. The van der Waals surface area contributed by atoms with E-state index >= 15 is 0 Å². The number of methoxy groups -OCH3 is 1. The highest BCUT2D eigenvalue weighted by Crippen LogP contribution is 2.38. The van der Waals surface area contributed by atoms with Crippen molar-refractivity contribution in [2.45, 2.75) is 56.8 Å². The van der Waals surface area contributed by atoms with E-state index in [9.17, 15) is 9.59 Å². The summed E-state index contributed by atoms with van der Waals surface area (Å²) in [7, 11) is 1.37. The quantitative estimate of drug-likeness (QED) is 0.162. The molecular formula is C26H30N4O4S2. The maximum absolute atomic E-state index is 12.9. The van der Waals surface area contributed by atoms with E-state index in [-0.39, 0.29) is 17.8 Å². The smallest absolute Gasteiger partial charge is 0.341 e. The number of ether oxygens (including phenoxy) is 2. The molecule has 0 spiro atoms. The standard InChI is InChI=1S/C26H30N4O4S2/c1-4-15-30-23(17(2)34-18-11-7-5-8-12-18)28-29-26(30)35-16-21(31)27-24-22(25(32)33-3)19-13-9-6-10-14-20(19)36-24/h4-5,7-8,11-12,17H,1,6,9-10,13-16H2,2-3H3,(H,27,31). The number of benzene rings is 1. The number of carbonyl (C=O) groups is 2. The number of nitrogens with one attached hydrogen (secondary N) is 1. The Morgan fingerprint density at radius 1 is 1.22 bits per heavy atom. The van der Waals surface area contributed by atoms with Crippen LogP contribution in [0.5, 0.6) is 5.75 Å². The number of hydrogen-bond acceptors (Lipinski definition) is 8. The minimum atomic E-state index is -0.403. The number of anilines is 1. The van der Waals surface area contributed by atoms with Crippen molar-refractivity contribution >= 4 is 40.0 Å². The number of aromatic nitrogens is 3. The number of hydrogen-bond donors (Lipinski definition) is 1. The molecule has 3 aromatic rings. The molecule has 190 valence electrons. The van der Waals surface area contributed by atoms with Crippen LogP contribution in [0.1, 0.15) is 58.9 Å². The van der Waals surface area contributed by atoms with Gasteiger partial charge in [-0.3, -0.25) is 9.36 Å². The third kappa shape index (κ3) is 5.99. The second-order valence-electron chi connectivity index (χ2n) is 8.41. The second kappa shape index (κ2) is 12.2. The van der Waals surface area contributed by atoms with Gasteiger partial charge in [0.25, 0.3) is 0 Å². The average Bonchev–Trinajstić information content (AvgIpc) is 3.35. The van der Waals surface area contributed by atoms with Crippen molar-refractivity contribution in [2.75, 3.05) is 18.2 Å². The fourth-order valence-electron chi connectivity index (χ4n) is 4.21. The van der Waals surface area contributed by atoms with Gasteiger partial charge >= 0.3 is 5.97 Å². The van der Waals surface area contributed by atoms with Crippen molar-refractivity contribution in [1.29, 1.82) is 0 Å². The van der Waals surface area contributed by atoms with Crippen LogP contribution in [0.15, 0.2) is 48.1 Å². The van der Waals surface area contributed by atoms with Gasteiger partial charge in [0.2, 0.25) is 5.91 Å². The van der Waals surface area contributed by atoms with E-state index in [1.165, 1.54) is 35.1 Å². The Hall–Kier alpha value is -3.11. The number of carbonyl (C=O) groups excluding carboxylic acids is 2. The van der Waals surface area contributed by atoms with Crippen LogP contribution in [-0.4, -0.2) is 39.5 Å². The SMILES string of the molecule is C=CCn1c(SCC(=O)Nc2sc3c(c2C(=O)OC)CCCCC3)nnc1C(C)Oc1ccccc1. The Kier molecular flexibility index (Phi) is 8.82. The van der Waals surface area contributed by atoms with Crippen LogP contribution in [0.2, 0.25) is 0 Å². The topological polar surface area (TPSA) is 95.3 Å². The van der Waals surface area contributed by atoms with Gasteiger partial charge in [0.05, 0.1) is 18.4 Å². The molecule has 1 N–H and O–H groups in total. The number of aryl methyl sites for hydroxylation is 1. The van der Waals surface area contributed by atoms with Crippen LogP contribution in [0.25, 0.3) is 0 Å². The highest BCUT2D eigenvalue weighted by atomic mass is 32.2. The first-order chi connectivity index (χ1) is 17.5. The van der Waals surface area contributed by atoms with E-state index in [1.807, 2.05) is 41.8 Å². The number of nitrogens with zero attached hydrogens (tertiary/aromatic N) is 3. The van der Waals surface area contributed by atoms with Crippen molar-refractivity contribution in [2.24, 2.45) is 0 Å². The second-order valence-corrected chi connectivity index (χ2v) is 10.5. The van der Waals surface area contributed by atoms with E-state index in [0.29, 0.717) is 28.1 Å². The van der Waals surface area contributed by atoms with Gasteiger partial charge in [-0.25, -0.2) is 4.79 Å². The maximum Gasteiger partial charge on any atom is 0.341 e. The molecule has 0 saturated heterocycles. The van der Waals surface area contributed by atoms with Gasteiger partial charge in [-0.05, 0) is 50.3 Å². The number of amides is 1. The summed E-state index contributed by atoms with van der Waals surface area (Å²) in [6, 6.07) is 9.52. The number of fused-ring (bicyclic) bond motifs is 1. The van der Waals surface area contributed by atoms with Crippen LogP contribution in [-0.2, 0) is 28.9 Å². The Bertz CT molecular complexity index is 1220. The van der Waals surface area contributed by atoms with Gasteiger partial charge in [0, 0.05) is 11.4 Å². The van der Waals surface area contributed by atoms with Gasteiger partial charge in [-0.1, -0.05) is 42.5 Å². The van der Waals surface area contributed by atoms with Gasteiger partial charge < -0.3 is 14.8 Å². The summed E-state index contributed by atoms with van der Waals surface area (Å²) in [6.45, 7) is 6.23. The molecule has 1 unspecified atom stereocenters. The Balaban J connectivity index is 1.46. The van der Waals surface area contributed by atoms with Crippen molar-refractivity contribution in [3.8, 4) is 5.75 Å². The highest BCUT2D eigenvalue weighted by Gasteiger charge is 2.26. The molecule has 1 aromatic carbocycles. The molecule has 0 saturated carbocycles.